The second-order valence-electron chi connectivity index (χ2n) is 4.29. The van der Waals surface area contributed by atoms with Gasteiger partial charge in [0.15, 0.2) is 0 Å². The molecule has 5 nitrogen and oxygen atoms in total. The Morgan fingerprint density at radius 3 is 2.50 bits per heavy atom. The van der Waals surface area contributed by atoms with Crippen molar-refractivity contribution in [1.82, 2.24) is 9.78 Å². The molecule has 0 aliphatic carbocycles. The van der Waals surface area contributed by atoms with Gasteiger partial charge in [-0.05, 0) is 26.0 Å². The summed E-state index contributed by atoms with van der Waals surface area (Å²) in [6.07, 6.45) is 0. The van der Waals surface area contributed by atoms with Gasteiger partial charge in [0, 0.05) is 5.69 Å². The molecule has 0 radical (unpaired) electrons. The molecule has 20 heavy (non-hydrogen) atoms. The first kappa shape index (κ1) is 14.7. The fourth-order valence-electron chi connectivity index (χ4n) is 1.94. The summed E-state index contributed by atoms with van der Waals surface area (Å²) in [5.74, 6) is -0.544. The number of carbonyl (C=O) groups is 1. The van der Waals surface area contributed by atoms with Crippen molar-refractivity contribution in [3.63, 3.8) is 0 Å². The molecule has 2 aromatic rings. The molecule has 0 unspecified atom stereocenters. The van der Waals surface area contributed by atoms with Gasteiger partial charge in [-0.1, -0.05) is 23.2 Å². The topological polar surface area (TPSA) is 70.1 Å². The van der Waals surface area contributed by atoms with E-state index in [4.69, 9.17) is 33.7 Å². The van der Waals surface area contributed by atoms with Gasteiger partial charge in [-0.25, -0.2) is 9.48 Å². The number of nitrogens with two attached hydrogens (primary N) is 1. The Kier molecular flexibility index (Phi) is 3.92. The first-order valence-electron chi connectivity index (χ1n) is 5.76. The van der Waals surface area contributed by atoms with Gasteiger partial charge in [-0.15, -0.1) is 0 Å². The van der Waals surface area contributed by atoms with Gasteiger partial charge in [-0.3, -0.25) is 0 Å². The zero-order valence-corrected chi connectivity index (χ0v) is 12.7. The maximum atomic E-state index is 11.9. The molecule has 0 fully saturated rings. The number of nitrogen functional groups attached to an aromatic ring is 1. The average molecular weight is 314 g/mol. The number of benzene rings is 1. The molecule has 0 aliphatic rings. The molecule has 0 saturated carbocycles. The van der Waals surface area contributed by atoms with E-state index in [1.54, 1.807) is 19.9 Å². The van der Waals surface area contributed by atoms with Crippen LogP contribution in [0.25, 0.3) is 5.69 Å². The van der Waals surface area contributed by atoms with Crippen molar-refractivity contribution < 1.29 is 9.53 Å². The van der Waals surface area contributed by atoms with Crippen molar-refractivity contribution in [3.05, 3.63) is 39.1 Å². The summed E-state index contributed by atoms with van der Waals surface area (Å²) in [5, 5.41) is 5.12. The third kappa shape index (κ3) is 2.34. The normalized spacial score (nSPS) is 10.7. The van der Waals surface area contributed by atoms with E-state index in [0.29, 0.717) is 32.8 Å². The molecule has 7 heteroatoms. The number of anilines is 1. The highest BCUT2D eigenvalue weighted by Crippen LogP contribution is 2.31. The zero-order valence-electron chi connectivity index (χ0n) is 11.2. The molecule has 1 aromatic carbocycles. The van der Waals surface area contributed by atoms with Gasteiger partial charge in [0.1, 0.15) is 0 Å². The van der Waals surface area contributed by atoms with E-state index in [-0.39, 0.29) is 5.56 Å². The average Bonchev–Trinajstić information content (AvgIpc) is 2.64. The SMILES string of the molecule is COC(=O)c1cc(N)cc(Cl)c1-n1nc(C)c(Cl)c1C. The van der Waals surface area contributed by atoms with E-state index in [1.807, 2.05) is 0 Å². The highest BCUT2D eigenvalue weighted by molar-refractivity contribution is 6.34. The highest BCUT2D eigenvalue weighted by Gasteiger charge is 2.21. The molecule has 0 saturated heterocycles. The molecule has 0 aliphatic heterocycles. The van der Waals surface area contributed by atoms with Crippen LogP contribution in [-0.4, -0.2) is 22.9 Å². The number of aromatic nitrogens is 2. The van der Waals surface area contributed by atoms with Crippen LogP contribution in [0.15, 0.2) is 12.1 Å². The number of rotatable bonds is 2. The van der Waals surface area contributed by atoms with Gasteiger partial charge in [0.25, 0.3) is 0 Å². The number of hydrogen-bond acceptors (Lipinski definition) is 4. The molecule has 1 aromatic heterocycles. The molecule has 0 spiro atoms. The van der Waals surface area contributed by atoms with Gasteiger partial charge >= 0.3 is 5.97 Å². The lowest BCUT2D eigenvalue weighted by Gasteiger charge is -2.12. The fourth-order valence-corrected chi connectivity index (χ4v) is 2.37. The van der Waals surface area contributed by atoms with Crippen LogP contribution in [0.2, 0.25) is 10.0 Å². The summed E-state index contributed by atoms with van der Waals surface area (Å²) >= 11 is 12.3. The minimum absolute atomic E-state index is 0.236. The number of methoxy groups -OCH3 is 1. The maximum absolute atomic E-state index is 11.9. The Balaban J connectivity index is 2.78. The largest absolute Gasteiger partial charge is 0.465 e. The lowest BCUT2D eigenvalue weighted by Crippen LogP contribution is -2.11. The Labute approximate surface area is 126 Å². The van der Waals surface area contributed by atoms with Crippen LogP contribution in [0, 0.1) is 13.8 Å². The second-order valence-corrected chi connectivity index (χ2v) is 5.07. The van der Waals surface area contributed by atoms with Gasteiger partial charge in [0.05, 0.1) is 39.8 Å². The van der Waals surface area contributed by atoms with Gasteiger partial charge in [-0.2, -0.15) is 5.10 Å². The summed E-state index contributed by atoms with van der Waals surface area (Å²) in [7, 11) is 1.29. The molecular formula is C13H13Cl2N3O2. The Morgan fingerprint density at radius 2 is 2.00 bits per heavy atom. The Morgan fingerprint density at radius 1 is 1.35 bits per heavy atom. The third-order valence-electron chi connectivity index (χ3n) is 2.91. The molecule has 106 valence electrons. The first-order chi connectivity index (χ1) is 9.36. The van der Waals surface area contributed by atoms with E-state index >= 15 is 0 Å². The number of carbonyl (C=O) groups excluding carboxylic acids is 1. The number of ether oxygens (including phenoxy) is 1. The van der Waals surface area contributed by atoms with Crippen molar-refractivity contribution in [2.75, 3.05) is 12.8 Å². The highest BCUT2D eigenvalue weighted by atomic mass is 35.5. The predicted molar refractivity (Wildman–Crippen MR) is 78.8 cm³/mol. The van der Waals surface area contributed by atoms with Gasteiger partial charge < -0.3 is 10.5 Å². The predicted octanol–water partition coefficient (Wildman–Crippen LogP) is 3.16. The summed E-state index contributed by atoms with van der Waals surface area (Å²) in [6, 6.07) is 3.05. The number of esters is 1. The van der Waals surface area contributed by atoms with Crippen molar-refractivity contribution in [2.24, 2.45) is 0 Å². The summed E-state index contributed by atoms with van der Waals surface area (Å²) in [6.45, 7) is 3.56. The summed E-state index contributed by atoms with van der Waals surface area (Å²) in [5.41, 5.74) is 8.06. The van der Waals surface area contributed by atoms with Crippen molar-refractivity contribution >= 4 is 34.9 Å². The first-order valence-corrected chi connectivity index (χ1v) is 6.51. The number of nitrogens with zero attached hydrogens (tertiary/aromatic N) is 2. The zero-order chi connectivity index (χ0) is 15.0. The van der Waals surface area contributed by atoms with Crippen LogP contribution in [-0.2, 0) is 4.74 Å². The summed E-state index contributed by atoms with van der Waals surface area (Å²) in [4.78, 5) is 11.9. The van der Waals surface area contributed by atoms with Crippen molar-refractivity contribution in [1.29, 1.82) is 0 Å². The number of hydrogen-bond donors (Lipinski definition) is 1. The monoisotopic (exact) mass is 313 g/mol. The van der Waals surface area contributed by atoms with Crippen LogP contribution < -0.4 is 5.73 Å². The fraction of sp³-hybridized carbons (Fsp3) is 0.231. The van der Waals surface area contributed by atoms with Crippen LogP contribution in [0.5, 0.6) is 0 Å². The van der Waals surface area contributed by atoms with Crippen LogP contribution in [0.3, 0.4) is 0 Å². The lowest BCUT2D eigenvalue weighted by atomic mass is 10.1. The van der Waals surface area contributed by atoms with Crippen LogP contribution in [0.4, 0.5) is 5.69 Å². The van der Waals surface area contributed by atoms with Crippen LogP contribution in [0.1, 0.15) is 21.7 Å². The van der Waals surface area contributed by atoms with E-state index < -0.39 is 5.97 Å². The molecule has 1 heterocycles. The van der Waals surface area contributed by atoms with Crippen molar-refractivity contribution in [2.45, 2.75) is 13.8 Å². The smallest absolute Gasteiger partial charge is 0.340 e. The van der Waals surface area contributed by atoms with E-state index in [1.165, 1.54) is 17.9 Å². The number of halogens is 2. The second kappa shape index (κ2) is 5.34. The van der Waals surface area contributed by atoms with Gasteiger partial charge in [0.2, 0.25) is 0 Å². The van der Waals surface area contributed by atoms with Crippen molar-refractivity contribution in [3.8, 4) is 5.69 Å². The maximum Gasteiger partial charge on any atom is 0.340 e. The summed E-state index contributed by atoms with van der Waals surface area (Å²) < 4.78 is 6.28. The molecule has 0 atom stereocenters. The molecule has 2 N–H and O–H groups in total. The molecular weight excluding hydrogens is 301 g/mol. The number of aryl methyl sites for hydroxylation is 1. The third-order valence-corrected chi connectivity index (χ3v) is 3.74. The Bertz CT molecular complexity index is 695. The minimum atomic E-state index is -0.544. The lowest BCUT2D eigenvalue weighted by molar-refractivity contribution is 0.0600. The van der Waals surface area contributed by atoms with E-state index in [0.717, 1.165) is 0 Å². The molecule has 0 amide bonds. The van der Waals surface area contributed by atoms with E-state index in [2.05, 4.69) is 5.10 Å². The van der Waals surface area contributed by atoms with E-state index in [9.17, 15) is 4.79 Å². The molecule has 2 rings (SSSR count). The quantitative estimate of drug-likeness (QED) is 0.683. The Hall–Kier alpha value is -1.72. The van der Waals surface area contributed by atoms with Crippen LogP contribution >= 0.6 is 23.2 Å². The molecule has 0 bridgehead atoms. The minimum Gasteiger partial charge on any atom is -0.465 e. The standard InChI is InChI=1S/C13H13Cl2N3O2/c1-6-11(15)7(2)18(17-6)12-9(13(19)20-3)4-8(16)5-10(12)14/h4-5H,16H2,1-3H3.